The Balaban J connectivity index is 1.38. The summed E-state index contributed by atoms with van der Waals surface area (Å²) in [6, 6.07) is 5.52. The van der Waals surface area contributed by atoms with Gasteiger partial charge in [-0.25, -0.2) is 13.8 Å². The van der Waals surface area contributed by atoms with Crippen LogP contribution in [0.2, 0.25) is 0 Å². The third kappa shape index (κ3) is 3.68. The van der Waals surface area contributed by atoms with Gasteiger partial charge in [0.25, 0.3) is 5.56 Å². The number of rotatable bonds is 5. The van der Waals surface area contributed by atoms with E-state index in [1.165, 1.54) is 40.7 Å². The number of carbonyl (C=O) groups excluding carboxylic acids is 1. The van der Waals surface area contributed by atoms with Crippen LogP contribution in [0.4, 0.5) is 8.78 Å². The van der Waals surface area contributed by atoms with Crippen molar-refractivity contribution >= 4 is 17.7 Å². The summed E-state index contributed by atoms with van der Waals surface area (Å²) in [6.07, 6.45) is 1.46. The highest BCUT2D eigenvalue weighted by Crippen LogP contribution is 2.31. The molecule has 1 atom stereocenters. The summed E-state index contributed by atoms with van der Waals surface area (Å²) in [6.45, 7) is -0.167. The average molecular weight is 405 g/mol. The first kappa shape index (κ1) is 18.4. The predicted octanol–water partition coefficient (Wildman–Crippen LogP) is 2.96. The van der Waals surface area contributed by atoms with Crippen molar-refractivity contribution in [2.75, 3.05) is 5.75 Å². The van der Waals surface area contributed by atoms with Gasteiger partial charge in [0, 0.05) is 30.1 Å². The van der Waals surface area contributed by atoms with Gasteiger partial charge in [0.15, 0.2) is 10.9 Å². The maximum absolute atomic E-state index is 13.8. The molecule has 0 radical (unpaired) electrons. The molecule has 1 aromatic carbocycles. The topological polar surface area (TPSA) is 87.2 Å². The van der Waals surface area contributed by atoms with E-state index in [4.69, 9.17) is 9.26 Å². The van der Waals surface area contributed by atoms with Crippen molar-refractivity contribution in [3.63, 3.8) is 0 Å². The molecule has 2 aromatic heterocycles. The highest BCUT2D eigenvalue weighted by molar-refractivity contribution is 7.99. The van der Waals surface area contributed by atoms with Crippen molar-refractivity contribution in [2.24, 2.45) is 0 Å². The van der Waals surface area contributed by atoms with Crippen molar-refractivity contribution in [1.82, 2.24) is 14.7 Å². The number of carbonyl (C=O) groups is 1. The van der Waals surface area contributed by atoms with Crippen LogP contribution in [0.1, 0.15) is 18.2 Å². The van der Waals surface area contributed by atoms with Crippen LogP contribution in [0.5, 0.6) is 0 Å². The van der Waals surface area contributed by atoms with Gasteiger partial charge in [-0.1, -0.05) is 16.9 Å². The number of hydrogen-bond acceptors (Lipinski definition) is 7. The molecule has 4 rings (SSSR count). The van der Waals surface area contributed by atoms with Gasteiger partial charge in [-0.15, -0.1) is 0 Å². The zero-order chi connectivity index (χ0) is 19.7. The molecule has 0 spiro atoms. The van der Waals surface area contributed by atoms with Crippen molar-refractivity contribution in [3.8, 4) is 11.3 Å². The minimum absolute atomic E-state index is 0.0168. The Bertz CT molecular complexity index is 1100. The van der Waals surface area contributed by atoms with Gasteiger partial charge < -0.3 is 9.26 Å². The molecule has 3 aromatic rings. The van der Waals surface area contributed by atoms with Crippen molar-refractivity contribution < 1.29 is 22.8 Å². The number of thioether (sulfide) groups is 1. The Kier molecular flexibility index (Phi) is 4.95. The molecule has 7 nitrogen and oxygen atoms in total. The molecule has 28 heavy (non-hydrogen) atoms. The third-order valence-electron chi connectivity index (χ3n) is 4.15. The smallest absolute Gasteiger partial charge is 0.308 e. The molecule has 0 saturated carbocycles. The summed E-state index contributed by atoms with van der Waals surface area (Å²) in [7, 11) is 0. The summed E-state index contributed by atoms with van der Waals surface area (Å²) in [5, 5.41) is 4.30. The first-order valence-electron chi connectivity index (χ1n) is 8.28. The van der Waals surface area contributed by atoms with Crippen LogP contribution in [-0.4, -0.2) is 26.4 Å². The molecule has 0 amide bonds. The standard InChI is InChI=1S/C18H13F2N3O4S/c19-10-1-2-13(14(20)5-10)15-6-11(22-27-15)8-26-17(25)7-12-9-28-18-21-4-3-16(24)23(12)18/h1-6,12H,7-9H2. The Labute approximate surface area is 161 Å². The lowest BCUT2D eigenvalue weighted by Gasteiger charge is -2.11. The number of esters is 1. The largest absolute Gasteiger partial charge is 0.459 e. The number of ether oxygens (including phenoxy) is 1. The maximum atomic E-state index is 13.8. The van der Waals surface area contributed by atoms with Crippen molar-refractivity contribution in [1.29, 1.82) is 0 Å². The molecule has 1 aliphatic rings. The summed E-state index contributed by atoms with van der Waals surface area (Å²) < 4.78 is 38.5. The van der Waals surface area contributed by atoms with Crippen LogP contribution >= 0.6 is 11.8 Å². The van der Waals surface area contributed by atoms with Crippen LogP contribution in [0.25, 0.3) is 11.3 Å². The van der Waals surface area contributed by atoms with Gasteiger partial charge in [-0.2, -0.15) is 0 Å². The number of hydrogen-bond donors (Lipinski definition) is 0. The fraction of sp³-hybridized carbons (Fsp3) is 0.222. The van der Waals surface area contributed by atoms with E-state index in [1.807, 2.05) is 0 Å². The molecule has 0 fully saturated rings. The molecule has 0 saturated heterocycles. The first-order valence-corrected chi connectivity index (χ1v) is 9.27. The average Bonchev–Trinajstić information content (AvgIpc) is 3.28. The van der Waals surface area contributed by atoms with Crippen molar-refractivity contribution in [3.05, 3.63) is 64.2 Å². The molecular weight excluding hydrogens is 392 g/mol. The Hall–Kier alpha value is -3.01. The minimum atomic E-state index is -0.781. The van der Waals surface area contributed by atoms with Gasteiger partial charge in [0.1, 0.15) is 23.9 Å². The zero-order valence-corrected chi connectivity index (χ0v) is 15.1. The SMILES string of the molecule is O=C(CC1CSc2nccc(=O)n21)OCc1cc(-c2ccc(F)cc2F)on1. The fourth-order valence-electron chi connectivity index (χ4n) is 2.84. The summed E-state index contributed by atoms with van der Waals surface area (Å²) >= 11 is 1.40. The lowest BCUT2D eigenvalue weighted by molar-refractivity contribution is -0.145. The van der Waals surface area contributed by atoms with E-state index >= 15 is 0 Å². The molecule has 0 aliphatic carbocycles. The highest BCUT2D eigenvalue weighted by Gasteiger charge is 2.27. The zero-order valence-electron chi connectivity index (χ0n) is 14.3. The number of benzene rings is 1. The Morgan fingerprint density at radius 2 is 2.18 bits per heavy atom. The van der Waals surface area contributed by atoms with Crippen LogP contribution in [0.3, 0.4) is 0 Å². The Morgan fingerprint density at radius 3 is 3.00 bits per heavy atom. The quantitative estimate of drug-likeness (QED) is 0.476. The van der Waals surface area contributed by atoms with E-state index in [9.17, 15) is 18.4 Å². The summed E-state index contributed by atoms with van der Waals surface area (Å²) in [5.41, 5.74) is 0.125. The van der Waals surface area contributed by atoms with Crippen LogP contribution in [0, 0.1) is 11.6 Å². The third-order valence-corrected chi connectivity index (χ3v) is 5.27. The molecule has 0 bridgehead atoms. The number of halogens is 2. The van der Waals surface area contributed by atoms with E-state index < -0.39 is 17.6 Å². The van der Waals surface area contributed by atoms with Gasteiger partial charge in [0.05, 0.1) is 18.0 Å². The molecule has 3 heterocycles. The van der Waals surface area contributed by atoms with E-state index in [-0.39, 0.29) is 41.6 Å². The van der Waals surface area contributed by atoms with E-state index in [0.29, 0.717) is 10.9 Å². The fourth-order valence-corrected chi connectivity index (χ4v) is 3.96. The second-order valence-corrected chi connectivity index (χ2v) is 7.06. The number of aromatic nitrogens is 3. The first-order chi connectivity index (χ1) is 13.5. The predicted molar refractivity (Wildman–Crippen MR) is 94.5 cm³/mol. The summed E-state index contributed by atoms with van der Waals surface area (Å²) in [4.78, 5) is 28.2. The normalized spacial score (nSPS) is 15.4. The van der Waals surface area contributed by atoms with Gasteiger partial charge in [-0.05, 0) is 12.1 Å². The van der Waals surface area contributed by atoms with Crippen LogP contribution in [-0.2, 0) is 16.1 Å². The lowest BCUT2D eigenvalue weighted by Crippen LogP contribution is -2.25. The second-order valence-electron chi connectivity index (χ2n) is 6.07. The summed E-state index contributed by atoms with van der Waals surface area (Å²) in [5.74, 6) is -1.33. The number of nitrogens with zero attached hydrogens (tertiary/aromatic N) is 3. The molecule has 10 heteroatoms. The van der Waals surface area contributed by atoms with Gasteiger partial charge >= 0.3 is 5.97 Å². The van der Waals surface area contributed by atoms with Crippen LogP contribution in [0.15, 0.2) is 51.0 Å². The van der Waals surface area contributed by atoms with Crippen LogP contribution < -0.4 is 5.56 Å². The Morgan fingerprint density at radius 1 is 1.32 bits per heavy atom. The molecule has 1 unspecified atom stereocenters. The molecular formula is C18H13F2N3O4S. The van der Waals surface area contributed by atoms with Gasteiger partial charge in [0.2, 0.25) is 0 Å². The molecule has 1 aliphatic heterocycles. The molecule has 144 valence electrons. The van der Waals surface area contributed by atoms with Crippen molar-refractivity contribution in [2.45, 2.75) is 24.2 Å². The number of fused-ring (bicyclic) bond motifs is 1. The second kappa shape index (κ2) is 7.55. The van der Waals surface area contributed by atoms with E-state index in [1.54, 1.807) is 0 Å². The maximum Gasteiger partial charge on any atom is 0.308 e. The lowest BCUT2D eigenvalue weighted by atomic mass is 10.1. The van der Waals surface area contributed by atoms with Gasteiger partial charge in [-0.3, -0.25) is 14.2 Å². The highest BCUT2D eigenvalue weighted by atomic mass is 32.2. The minimum Gasteiger partial charge on any atom is -0.459 e. The monoisotopic (exact) mass is 405 g/mol. The molecule has 0 N–H and O–H groups in total. The van der Waals surface area contributed by atoms with E-state index in [0.717, 1.165) is 12.1 Å². The van der Waals surface area contributed by atoms with E-state index in [2.05, 4.69) is 10.1 Å².